The third kappa shape index (κ3) is 3.08. The highest BCUT2D eigenvalue weighted by Crippen LogP contribution is 2.39. The predicted octanol–water partition coefficient (Wildman–Crippen LogP) is 5.13. The van der Waals surface area contributed by atoms with E-state index < -0.39 is 0 Å². The van der Waals surface area contributed by atoms with Crippen LogP contribution < -0.4 is 20.0 Å². The average Bonchev–Trinajstić information content (AvgIpc) is 2.79. The maximum Gasteiger partial charge on any atom is 0.336 e. The molecule has 4 aromatic rings. The molecule has 0 aliphatic carbocycles. The van der Waals surface area contributed by atoms with Gasteiger partial charge in [0.1, 0.15) is 17.1 Å². The Morgan fingerprint density at radius 2 is 1.83 bits per heavy atom. The van der Waals surface area contributed by atoms with E-state index in [1.165, 1.54) is 0 Å². The molecule has 2 heterocycles. The lowest BCUT2D eigenvalue weighted by Crippen LogP contribution is -2.32. The van der Waals surface area contributed by atoms with E-state index in [0.717, 1.165) is 44.8 Å². The second-order valence-electron chi connectivity index (χ2n) is 7.38. The number of benzene rings is 3. The summed E-state index contributed by atoms with van der Waals surface area (Å²) < 4.78 is 17.1. The zero-order chi connectivity index (χ0) is 20.7. The molecular weight excluding hydrogens is 378 g/mol. The molecule has 0 amide bonds. The monoisotopic (exact) mass is 399 g/mol. The van der Waals surface area contributed by atoms with Crippen molar-refractivity contribution in [2.45, 2.75) is 13.5 Å². The van der Waals surface area contributed by atoms with Gasteiger partial charge in [-0.25, -0.2) is 4.79 Å². The van der Waals surface area contributed by atoms with Gasteiger partial charge in [-0.1, -0.05) is 36.4 Å². The van der Waals surface area contributed by atoms with E-state index in [1.54, 1.807) is 13.2 Å². The van der Waals surface area contributed by atoms with Crippen LogP contribution in [0, 0.1) is 6.92 Å². The maximum atomic E-state index is 12.3. The number of methoxy groups -OCH3 is 1. The molecule has 0 bridgehead atoms. The molecule has 3 aromatic carbocycles. The van der Waals surface area contributed by atoms with E-state index >= 15 is 0 Å². The Labute approximate surface area is 174 Å². The van der Waals surface area contributed by atoms with Crippen molar-refractivity contribution in [1.29, 1.82) is 0 Å². The SMILES string of the molecule is COc1cccc(N2COc3c(cc4c(-c5ccccc5)cc(=O)oc4c3C)C2)c1. The van der Waals surface area contributed by atoms with Crippen molar-refractivity contribution < 1.29 is 13.9 Å². The largest absolute Gasteiger partial charge is 0.497 e. The first-order valence-electron chi connectivity index (χ1n) is 9.81. The zero-order valence-electron chi connectivity index (χ0n) is 16.8. The molecule has 1 aromatic heterocycles. The lowest BCUT2D eigenvalue weighted by molar-refractivity contribution is 0.287. The molecular formula is C25H21NO4. The first kappa shape index (κ1) is 18.3. The van der Waals surface area contributed by atoms with Gasteiger partial charge in [-0.2, -0.15) is 0 Å². The van der Waals surface area contributed by atoms with Gasteiger partial charge in [0.05, 0.1) is 7.11 Å². The lowest BCUT2D eigenvalue weighted by atomic mass is 9.97. The molecule has 0 saturated heterocycles. The number of anilines is 1. The summed E-state index contributed by atoms with van der Waals surface area (Å²) in [7, 11) is 1.66. The molecule has 0 fully saturated rings. The molecule has 1 aliphatic rings. The van der Waals surface area contributed by atoms with Crippen LogP contribution in [0.4, 0.5) is 5.69 Å². The first-order chi connectivity index (χ1) is 14.6. The van der Waals surface area contributed by atoms with E-state index in [-0.39, 0.29) is 5.63 Å². The van der Waals surface area contributed by atoms with Gasteiger partial charge in [-0.15, -0.1) is 0 Å². The molecule has 1 aliphatic heterocycles. The lowest BCUT2D eigenvalue weighted by Gasteiger charge is -2.32. The highest BCUT2D eigenvalue weighted by Gasteiger charge is 2.23. The average molecular weight is 399 g/mol. The molecule has 5 nitrogen and oxygen atoms in total. The van der Waals surface area contributed by atoms with Gasteiger partial charge in [0.15, 0.2) is 6.73 Å². The van der Waals surface area contributed by atoms with Crippen molar-refractivity contribution in [3.63, 3.8) is 0 Å². The normalized spacial score (nSPS) is 13.1. The summed E-state index contributed by atoms with van der Waals surface area (Å²) in [6.07, 6.45) is 0. The quantitative estimate of drug-likeness (QED) is 0.447. The number of ether oxygens (including phenoxy) is 2. The van der Waals surface area contributed by atoms with Gasteiger partial charge < -0.3 is 18.8 Å². The summed E-state index contributed by atoms with van der Waals surface area (Å²) in [6.45, 7) is 3.04. The molecule has 0 N–H and O–H groups in total. The fourth-order valence-corrected chi connectivity index (χ4v) is 4.05. The van der Waals surface area contributed by atoms with Gasteiger partial charge in [0.2, 0.25) is 0 Å². The Morgan fingerprint density at radius 3 is 2.63 bits per heavy atom. The third-order valence-electron chi connectivity index (χ3n) is 5.52. The van der Waals surface area contributed by atoms with Crippen molar-refractivity contribution in [2.24, 2.45) is 0 Å². The number of fused-ring (bicyclic) bond motifs is 2. The van der Waals surface area contributed by atoms with E-state index in [1.807, 2.05) is 61.5 Å². The summed E-state index contributed by atoms with van der Waals surface area (Å²) >= 11 is 0. The minimum absolute atomic E-state index is 0.363. The highest BCUT2D eigenvalue weighted by atomic mass is 16.5. The van der Waals surface area contributed by atoms with Crippen molar-refractivity contribution in [2.75, 3.05) is 18.7 Å². The van der Waals surface area contributed by atoms with E-state index in [9.17, 15) is 4.79 Å². The summed E-state index contributed by atoms with van der Waals surface area (Å²) in [5, 5.41) is 0.910. The van der Waals surface area contributed by atoms with Crippen LogP contribution in [-0.4, -0.2) is 13.8 Å². The molecule has 5 heteroatoms. The van der Waals surface area contributed by atoms with E-state index in [4.69, 9.17) is 13.9 Å². The zero-order valence-corrected chi connectivity index (χ0v) is 16.8. The Bertz CT molecular complexity index is 1290. The predicted molar refractivity (Wildman–Crippen MR) is 117 cm³/mol. The molecule has 0 saturated carbocycles. The Hall–Kier alpha value is -3.73. The second kappa shape index (κ2) is 7.26. The van der Waals surface area contributed by atoms with Crippen LogP contribution >= 0.6 is 0 Å². The smallest absolute Gasteiger partial charge is 0.336 e. The Morgan fingerprint density at radius 1 is 1.00 bits per heavy atom. The molecule has 0 spiro atoms. The number of nitrogens with zero attached hydrogens (tertiary/aromatic N) is 1. The van der Waals surface area contributed by atoms with E-state index in [0.29, 0.717) is 18.9 Å². The molecule has 30 heavy (non-hydrogen) atoms. The highest BCUT2D eigenvalue weighted by molar-refractivity contribution is 5.96. The van der Waals surface area contributed by atoms with Gasteiger partial charge in [0.25, 0.3) is 0 Å². The molecule has 5 rings (SSSR count). The van der Waals surface area contributed by atoms with Gasteiger partial charge in [-0.05, 0) is 36.2 Å². The topological polar surface area (TPSA) is 51.9 Å². The van der Waals surface area contributed by atoms with Crippen molar-refractivity contribution in [1.82, 2.24) is 0 Å². The van der Waals surface area contributed by atoms with E-state index in [2.05, 4.69) is 11.0 Å². The van der Waals surface area contributed by atoms with Crippen LogP contribution in [0.2, 0.25) is 0 Å². The first-order valence-corrected chi connectivity index (χ1v) is 9.81. The molecule has 0 radical (unpaired) electrons. The van der Waals surface area contributed by atoms with Crippen molar-refractivity contribution >= 4 is 16.7 Å². The van der Waals surface area contributed by atoms with Gasteiger partial charge in [0, 0.05) is 40.9 Å². The molecule has 0 unspecified atom stereocenters. The Balaban J connectivity index is 1.65. The summed E-state index contributed by atoms with van der Waals surface area (Å²) in [4.78, 5) is 14.4. The molecule has 0 atom stereocenters. The Kier molecular flexibility index (Phi) is 4.43. The fourth-order valence-electron chi connectivity index (χ4n) is 4.05. The van der Waals surface area contributed by atoms with Gasteiger partial charge >= 0.3 is 5.63 Å². The summed E-state index contributed by atoms with van der Waals surface area (Å²) in [5.74, 6) is 1.59. The maximum absolute atomic E-state index is 12.3. The number of aryl methyl sites for hydroxylation is 1. The number of hydrogen-bond donors (Lipinski definition) is 0. The van der Waals surface area contributed by atoms with Gasteiger partial charge in [-0.3, -0.25) is 0 Å². The molecule has 150 valence electrons. The number of rotatable bonds is 3. The number of hydrogen-bond acceptors (Lipinski definition) is 5. The third-order valence-corrected chi connectivity index (χ3v) is 5.52. The van der Waals surface area contributed by atoms with Crippen LogP contribution in [0.15, 0.2) is 75.9 Å². The summed E-state index contributed by atoms with van der Waals surface area (Å²) in [6, 6.07) is 21.5. The summed E-state index contributed by atoms with van der Waals surface area (Å²) in [5.41, 5.74) is 5.00. The minimum atomic E-state index is -0.363. The minimum Gasteiger partial charge on any atom is -0.497 e. The van der Waals surface area contributed by atoms with Crippen LogP contribution in [0.25, 0.3) is 22.1 Å². The van der Waals surface area contributed by atoms with Crippen LogP contribution in [0.3, 0.4) is 0 Å². The second-order valence-corrected chi connectivity index (χ2v) is 7.38. The van der Waals surface area contributed by atoms with Crippen LogP contribution in [0.1, 0.15) is 11.1 Å². The van der Waals surface area contributed by atoms with Crippen LogP contribution in [0.5, 0.6) is 11.5 Å². The standard InChI is InChI=1S/C25H21NO4/c1-16-24-18(14-26(15-29-24)19-9-6-10-20(12-19)28-2)11-22-21(13-23(27)30-25(16)22)17-7-4-3-5-8-17/h3-13H,14-15H2,1-2H3. The fraction of sp³-hybridized carbons (Fsp3) is 0.160. The van der Waals surface area contributed by atoms with Crippen molar-refractivity contribution in [3.05, 3.63) is 88.3 Å². The van der Waals surface area contributed by atoms with Crippen LogP contribution in [-0.2, 0) is 6.54 Å². The van der Waals surface area contributed by atoms with Crippen molar-refractivity contribution in [3.8, 4) is 22.6 Å².